The Morgan fingerprint density at radius 2 is 1.95 bits per heavy atom. The predicted octanol–water partition coefficient (Wildman–Crippen LogP) is 2.41. The highest BCUT2D eigenvalue weighted by atomic mass is 16.2. The lowest BCUT2D eigenvalue weighted by Crippen LogP contribution is -2.48. The largest absolute Gasteiger partial charge is 0.347 e. The van der Waals surface area contributed by atoms with Crippen molar-refractivity contribution < 1.29 is 4.79 Å². The van der Waals surface area contributed by atoms with E-state index in [-0.39, 0.29) is 0 Å². The summed E-state index contributed by atoms with van der Waals surface area (Å²) in [6.45, 7) is 4.59. The summed E-state index contributed by atoms with van der Waals surface area (Å²) in [6, 6.07) is 0. The van der Waals surface area contributed by atoms with Gasteiger partial charge in [0.25, 0.3) is 0 Å². The molecule has 2 aliphatic rings. The second-order valence-corrected chi connectivity index (χ2v) is 6.78. The van der Waals surface area contributed by atoms with Crippen LogP contribution in [0.4, 0.5) is 0 Å². The molecule has 0 bridgehead atoms. The van der Waals surface area contributed by atoms with E-state index in [1.807, 2.05) is 6.20 Å². The van der Waals surface area contributed by atoms with Gasteiger partial charge in [-0.05, 0) is 12.3 Å². The Morgan fingerprint density at radius 3 is 2.64 bits per heavy atom. The van der Waals surface area contributed by atoms with E-state index >= 15 is 0 Å². The number of carbonyl (C=O) groups is 1. The molecule has 122 valence electrons. The molecular weight excluding hydrogens is 276 g/mol. The minimum absolute atomic E-state index is 0.367. The summed E-state index contributed by atoms with van der Waals surface area (Å²) in [4.78, 5) is 24.0. The van der Waals surface area contributed by atoms with Gasteiger partial charge in [0, 0.05) is 51.0 Å². The van der Waals surface area contributed by atoms with Crippen molar-refractivity contribution in [2.75, 3.05) is 26.2 Å². The lowest BCUT2D eigenvalue weighted by Gasteiger charge is -2.34. The third-order valence-corrected chi connectivity index (χ3v) is 5.16. The third kappa shape index (κ3) is 4.32. The van der Waals surface area contributed by atoms with E-state index in [2.05, 4.69) is 19.8 Å². The molecule has 1 amide bonds. The lowest BCUT2D eigenvalue weighted by molar-refractivity contribution is -0.133. The highest BCUT2D eigenvalue weighted by Crippen LogP contribution is 2.27. The van der Waals surface area contributed by atoms with E-state index in [0.29, 0.717) is 5.91 Å². The highest BCUT2D eigenvalue weighted by molar-refractivity contribution is 5.76. The Balaban J connectivity index is 1.36. The monoisotopic (exact) mass is 304 g/mol. The molecule has 3 rings (SSSR count). The summed E-state index contributed by atoms with van der Waals surface area (Å²) in [6.07, 6.45) is 12.3. The molecule has 0 radical (unpaired) electrons. The number of amides is 1. The number of aromatic amines is 1. The molecule has 0 atom stereocenters. The van der Waals surface area contributed by atoms with Crippen LogP contribution in [0.25, 0.3) is 0 Å². The lowest BCUT2D eigenvalue weighted by atomic mass is 9.86. The van der Waals surface area contributed by atoms with Gasteiger partial charge in [-0.25, -0.2) is 4.98 Å². The fourth-order valence-electron chi connectivity index (χ4n) is 3.73. The molecular formula is C17H28N4O. The highest BCUT2D eigenvalue weighted by Gasteiger charge is 2.22. The van der Waals surface area contributed by atoms with Crippen LogP contribution < -0.4 is 0 Å². The van der Waals surface area contributed by atoms with Gasteiger partial charge in [0.05, 0.1) is 6.33 Å². The van der Waals surface area contributed by atoms with Crippen molar-refractivity contribution in [3.8, 4) is 0 Å². The van der Waals surface area contributed by atoms with Crippen LogP contribution in [-0.4, -0.2) is 51.9 Å². The number of hydrogen-bond acceptors (Lipinski definition) is 3. The maximum Gasteiger partial charge on any atom is 0.222 e. The minimum atomic E-state index is 0.367. The zero-order valence-electron chi connectivity index (χ0n) is 13.5. The molecule has 22 heavy (non-hydrogen) atoms. The Morgan fingerprint density at radius 1 is 1.18 bits per heavy atom. The number of nitrogens with zero attached hydrogens (tertiary/aromatic N) is 3. The van der Waals surface area contributed by atoms with Gasteiger partial charge < -0.3 is 9.88 Å². The number of imidazole rings is 1. The van der Waals surface area contributed by atoms with Gasteiger partial charge in [-0.15, -0.1) is 0 Å². The van der Waals surface area contributed by atoms with E-state index in [4.69, 9.17) is 0 Å². The van der Waals surface area contributed by atoms with Gasteiger partial charge in [-0.1, -0.05) is 32.1 Å². The van der Waals surface area contributed by atoms with Crippen LogP contribution in [0.1, 0.15) is 50.6 Å². The first-order valence-corrected chi connectivity index (χ1v) is 8.78. The Kier molecular flexibility index (Phi) is 5.48. The molecule has 1 aliphatic heterocycles. The number of nitrogens with one attached hydrogen (secondary N) is 1. The van der Waals surface area contributed by atoms with Crippen molar-refractivity contribution in [3.63, 3.8) is 0 Å². The fraction of sp³-hybridized carbons (Fsp3) is 0.765. The van der Waals surface area contributed by atoms with Crippen LogP contribution in [0.2, 0.25) is 0 Å². The standard InChI is InChI=1S/C17H28N4O/c22-17(7-6-15-4-2-1-3-5-15)21-10-8-20(9-11-21)13-16-12-18-14-19-16/h12,14-15H,1-11,13H2,(H,18,19). The van der Waals surface area contributed by atoms with Crippen molar-refractivity contribution in [2.45, 2.75) is 51.5 Å². The molecule has 1 saturated heterocycles. The Bertz CT molecular complexity index is 445. The smallest absolute Gasteiger partial charge is 0.222 e. The summed E-state index contributed by atoms with van der Waals surface area (Å²) < 4.78 is 0. The summed E-state index contributed by atoms with van der Waals surface area (Å²) in [7, 11) is 0. The first-order chi connectivity index (χ1) is 10.8. The van der Waals surface area contributed by atoms with Crippen molar-refractivity contribution in [2.24, 2.45) is 5.92 Å². The van der Waals surface area contributed by atoms with Gasteiger partial charge in [-0.3, -0.25) is 9.69 Å². The van der Waals surface area contributed by atoms with Crippen LogP contribution in [0.15, 0.2) is 12.5 Å². The molecule has 5 heteroatoms. The molecule has 0 spiro atoms. The van der Waals surface area contributed by atoms with Crippen LogP contribution >= 0.6 is 0 Å². The molecule has 1 aliphatic carbocycles. The Labute approximate surface area is 133 Å². The summed E-state index contributed by atoms with van der Waals surface area (Å²) in [5, 5.41) is 0. The molecule has 1 saturated carbocycles. The molecule has 1 aromatic heterocycles. The molecule has 2 fully saturated rings. The summed E-state index contributed by atoms with van der Waals surface area (Å²) >= 11 is 0. The minimum Gasteiger partial charge on any atom is -0.347 e. The first-order valence-electron chi connectivity index (χ1n) is 8.78. The van der Waals surface area contributed by atoms with Crippen LogP contribution in [0.5, 0.6) is 0 Å². The van der Waals surface area contributed by atoms with Gasteiger partial charge in [0.2, 0.25) is 5.91 Å². The third-order valence-electron chi connectivity index (χ3n) is 5.16. The van der Waals surface area contributed by atoms with Gasteiger partial charge in [-0.2, -0.15) is 0 Å². The van der Waals surface area contributed by atoms with Gasteiger partial charge in [0.1, 0.15) is 0 Å². The number of rotatable bonds is 5. The zero-order valence-corrected chi connectivity index (χ0v) is 13.5. The molecule has 0 aromatic carbocycles. The predicted molar refractivity (Wildman–Crippen MR) is 86.3 cm³/mol. The number of carbonyl (C=O) groups excluding carboxylic acids is 1. The van der Waals surface area contributed by atoms with Crippen LogP contribution in [0.3, 0.4) is 0 Å². The summed E-state index contributed by atoms with van der Waals surface area (Å²) in [5.41, 5.74) is 1.15. The van der Waals surface area contributed by atoms with E-state index in [1.54, 1.807) is 6.33 Å². The molecule has 5 nitrogen and oxygen atoms in total. The van der Waals surface area contributed by atoms with E-state index in [0.717, 1.165) is 57.2 Å². The Hall–Kier alpha value is -1.36. The van der Waals surface area contributed by atoms with Crippen molar-refractivity contribution in [1.29, 1.82) is 0 Å². The van der Waals surface area contributed by atoms with Crippen molar-refractivity contribution in [1.82, 2.24) is 19.8 Å². The number of hydrogen-bond donors (Lipinski definition) is 1. The average Bonchev–Trinajstić information content (AvgIpc) is 3.07. The molecule has 1 aromatic rings. The number of aromatic nitrogens is 2. The number of H-pyrrole nitrogens is 1. The molecule has 0 unspecified atom stereocenters. The van der Waals surface area contributed by atoms with E-state index in [9.17, 15) is 4.79 Å². The second-order valence-electron chi connectivity index (χ2n) is 6.78. The van der Waals surface area contributed by atoms with Crippen molar-refractivity contribution >= 4 is 5.91 Å². The number of piperazine rings is 1. The first kappa shape index (κ1) is 15.5. The normalized spacial score (nSPS) is 21.2. The van der Waals surface area contributed by atoms with Crippen molar-refractivity contribution in [3.05, 3.63) is 18.2 Å². The molecule has 1 N–H and O–H groups in total. The maximum atomic E-state index is 12.4. The SMILES string of the molecule is O=C(CCC1CCCCC1)N1CCN(Cc2cnc[nH]2)CC1. The molecule has 2 heterocycles. The second kappa shape index (κ2) is 7.77. The topological polar surface area (TPSA) is 52.2 Å². The van der Waals surface area contributed by atoms with E-state index in [1.165, 1.54) is 32.1 Å². The quantitative estimate of drug-likeness (QED) is 0.909. The average molecular weight is 304 g/mol. The fourth-order valence-corrected chi connectivity index (χ4v) is 3.73. The summed E-state index contributed by atoms with van der Waals surface area (Å²) in [5.74, 6) is 1.17. The van der Waals surface area contributed by atoms with Gasteiger partial charge >= 0.3 is 0 Å². The zero-order chi connectivity index (χ0) is 15.2. The van der Waals surface area contributed by atoms with Crippen LogP contribution in [0, 0.1) is 5.92 Å². The van der Waals surface area contributed by atoms with Gasteiger partial charge in [0.15, 0.2) is 0 Å². The van der Waals surface area contributed by atoms with E-state index < -0.39 is 0 Å². The van der Waals surface area contributed by atoms with Crippen LogP contribution in [-0.2, 0) is 11.3 Å². The maximum absolute atomic E-state index is 12.4.